The average molecular weight is 405 g/mol. The molecule has 0 saturated carbocycles. The normalized spacial score (nSPS) is 15.4. The molecule has 1 unspecified atom stereocenters. The van der Waals surface area contributed by atoms with E-state index in [0.29, 0.717) is 19.0 Å². The molecule has 1 heterocycles. The van der Waals surface area contributed by atoms with Gasteiger partial charge in [-0.25, -0.2) is 0 Å². The molecule has 0 bridgehead atoms. The summed E-state index contributed by atoms with van der Waals surface area (Å²) < 4.78 is 0. The van der Waals surface area contributed by atoms with Crippen LogP contribution in [0.1, 0.15) is 25.7 Å². The van der Waals surface area contributed by atoms with Crippen LogP contribution in [0.5, 0.6) is 0 Å². The Bertz CT molecular complexity index is 864. The molecule has 1 aliphatic rings. The number of benzene rings is 2. The third-order valence-corrected chi connectivity index (χ3v) is 5.38. The van der Waals surface area contributed by atoms with E-state index in [1.807, 2.05) is 48.5 Å². The molecule has 1 atom stereocenters. The van der Waals surface area contributed by atoms with Crippen LogP contribution in [0.3, 0.4) is 0 Å². The van der Waals surface area contributed by atoms with Gasteiger partial charge in [-0.3, -0.25) is 9.59 Å². The van der Waals surface area contributed by atoms with E-state index >= 15 is 0 Å². The number of nitrogens with one attached hydrogen (secondary N) is 1. The zero-order valence-corrected chi connectivity index (χ0v) is 17.2. The van der Waals surface area contributed by atoms with Crippen molar-refractivity contribution in [2.24, 2.45) is 5.92 Å². The predicted octanol–water partition coefficient (Wildman–Crippen LogP) is 3.36. The van der Waals surface area contributed by atoms with Crippen LogP contribution in [0.2, 0.25) is 0 Å². The quantitative estimate of drug-likeness (QED) is 0.695. The van der Waals surface area contributed by atoms with Gasteiger partial charge in [-0.15, -0.1) is 0 Å². The van der Waals surface area contributed by atoms with Crippen molar-refractivity contribution in [1.82, 2.24) is 5.32 Å². The first kappa shape index (κ1) is 21.4. The van der Waals surface area contributed by atoms with Gasteiger partial charge in [0.05, 0.1) is 12.5 Å². The van der Waals surface area contributed by atoms with E-state index in [0.717, 1.165) is 25.2 Å². The van der Waals surface area contributed by atoms with E-state index in [4.69, 9.17) is 5.26 Å². The second kappa shape index (κ2) is 11.0. The van der Waals surface area contributed by atoms with Crippen LogP contribution in [-0.2, 0) is 9.59 Å². The summed E-state index contributed by atoms with van der Waals surface area (Å²) in [4.78, 5) is 28.9. The van der Waals surface area contributed by atoms with Gasteiger partial charge >= 0.3 is 0 Å². The van der Waals surface area contributed by atoms with Gasteiger partial charge in [0.1, 0.15) is 0 Å². The van der Waals surface area contributed by atoms with Crippen LogP contribution in [0, 0.1) is 17.2 Å². The van der Waals surface area contributed by atoms with Crippen molar-refractivity contribution in [2.45, 2.75) is 25.7 Å². The van der Waals surface area contributed by atoms with Crippen LogP contribution in [0.25, 0.3) is 0 Å². The molecule has 6 heteroatoms. The second-order valence-corrected chi connectivity index (χ2v) is 7.53. The van der Waals surface area contributed by atoms with Gasteiger partial charge in [-0.2, -0.15) is 5.26 Å². The molecule has 0 radical (unpaired) electrons. The maximum Gasteiger partial charge on any atom is 0.227 e. The van der Waals surface area contributed by atoms with Crippen molar-refractivity contribution in [3.8, 4) is 6.07 Å². The van der Waals surface area contributed by atoms with E-state index in [1.54, 1.807) is 4.90 Å². The molecule has 1 saturated heterocycles. The van der Waals surface area contributed by atoms with Crippen LogP contribution >= 0.6 is 0 Å². The summed E-state index contributed by atoms with van der Waals surface area (Å²) in [6.45, 7) is 2.89. The van der Waals surface area contributed by atoms with Crippen LogP contribution in [0.4, 0.5) is 11.4 Å². The summed E-state index contributed by atoms with van der Waals surface area (Å²) in [5, 5.41) is 11.9. The lowest BCUT2D eigenvalue weighted by Gasteiger charge is -2.22. The minimum atomic E-state index is -0.136. The number of hydrogen-bond acceptors (Lipinski definition) is 4. The van der Waals surface area contributed by atoms with Crippen LogP contribution in [0.15, 0.2) is 60.7 Å². The third-order valence-electron chi connectivity index (χ3n) is 5.38. The van der Waals surface area contributed by atoms with Crippen molar-refractivity contribution in [2.75, 3.05) is 36.0 Å². The highest BCUT2D eigenvalue weighted by Gasteiger charge is 2.23. The number of para-hydroxylation sites is 2. The molecule has 1 aliphatic heterocycles. The molecular formula is C24H28N4O2. The van der Waals surface area contributed by atoms with Crippen molar-refractivity contribution in [1.29, 1.82) is 5.26 Å². The minimum Gasteiger partial charge on any atom is -0.371 e. The van der Waals surface area contributed by atoms with Gasteiger partial charge in [0.15, 0.2) is 0 Å². The highest BCUT2D eigenvalue weighted by Crippen LogP contribution is 2.23. The van der Waals surface area contributed by atoms with Crippen molar-refractivity contribution >= 4 is 23.2 Å². The molecule has 1 fully saturated rings. The highest BCUT2D eigenvalue weighted by atomic mass is 16.2. The molecule has 2 aromatic carbocycles. The minimum absolute atomic E-state index is 0.102. The Hall–Kier alpha value is -3.33. The smallest absolute Gasteiger partial charge is 0.227 e. The molecule has 30 heavy (non-hydrogen) atoms. The number of carbonyl (C=O) groups is 2. The number of hydrogen-bond donors (Lipinski definition) is 1. The first-order valence-corrected chi connectivity index (χ1v) is 10.5. The zero-order chi connectivity index (χ0) is 21.2. The number of carbonyl (C=O) groups excluding carboxylic acids is 2. The third kappa shape index (κ3) is 6.08. The summed E-state index contributed by atoms with van der Waals surface area (Å²) in [5.41, 5.74) is 1.97. The van der Waals surface area contributed by atoms with Gasteiger partial charge in [0.2, 0.25) is 11.8 Å². The molecule has 0 spiro atoms. The fourth-order valence-electron chi connectivity index (χ4n) is 3.74. The number of amides is 2. The molecule has 2 amide bonds. The summed E-state index contributed by atoms with van der Waals surface area (Å²) in [6.07, 6.45) is 1.59. The van der Waals surface area contributed by atoms with E-state index in [9.17, 15) is 9.59 Å². The summed E-state index contributed by atoms with van der Waals surface area (Å²) in [7, 11) is 0. The standard InChI is InChI=1S/C24H28N4O2/c25-15-7-16-28(22-10-5-2-6-11-22)24(30)13-12-23(29)26-18-20-14-17-27(19-20)21-8-3-1-4-9-21/h1-6,8-11,20H,7,12-14,16-19H2,(H,26,29). The molecule has 6 nitrogen and oxygen atoms in total. The lowest BCUT2D eigenvalue weighted by atomic mass is 10.1. The maximum atomic E-state index is 12.6. The fourth-order valence-corrected chi connectivity index (χ4v) is 3.74. The van der Waals surface area contributed by atoms with Gasteiger partial charge in [0, 0.05) is 50.4 Å². The maximum absolute atomic E-state index is 12.6. The Morgan fingerprint density at radius 2 is 1.77 bits per heavy atom. The first-order chi connectivity index (χ1) is 14.7. The monoisotopic (exact) mass is 404 g/mol. The SMILES string of the molecule is N#CCCN(C(=O)CCC(=O)NCC1CCN(c2ccccc2)C1)c1ccccc1. The Balaban J connectivity index is 1.42. The van der Waals surface area contributed by atoms with E-state index in [1.165, 1.54) is 5.69 Å². The second-order valence-electron chi connectivity index (χ2n) is 7.53. The lowest BCUT2D eigenvalue weighted by molar-refractivity contribution is -0.125. The van der Waals surface area contributed by atoms with Gasteiger partial charge < -0.3 is 15.1 Å². The van der Waals surface area contributed by atoms with Crippen molar-refractivity contribution < 1.29 is 9.59 Å². The largest absolute Gasteiger partial charge is 0.371 e. The van der Waals surface area contributed by atoms with Crippen molar-refractivity contribution in [3.63, 3.8) is 0 Å². The van der Waals surface area contributed by atoms with Gasteiger partial charge in [0.25, 0.3) is 0 Å². The van der Waals surface area contributed by atoms with E-state index in [-0.39, 0.29) is 31.1 Å². The van der Waals surface area contributed by atoms with Gasteiger partial charge in [-0.1, -0.05) is 36.4 Å². The topological polar surface area (TPSA) is 76.4 Å². The molecule has 2 aromatic rings. The number of anilines is 2. The first-order valence-electron chi connectivity index (χ1n) is 10.5. The van der Waals surface area contributed by atoms with E-state index in [2.05, 4.69) is 28.4 Å². The number of rotatable bonds is 9. The Kier molecular flexibility index (Phi) is 7.85. The molecule has 1 N–H and O–H groups in total. The van der Waals surface area contributed by atoms with Crippen LogP contribution < -0.4 is 15.1 Å². The predicted molar refractivity (Wildman–Crippen MR) is 118 cm³/mol. The molecule has 3 rings (SSSR count). The summed E-state index contributed by atoms with van der Waals surface area (Å²) >= 11 is 0. The number of nitriles is 1. The lowest BCUT2D eigenvalue weighted by Crippen LogP contribution is -2.34. The Labute approximate surface area is 178 Å². The summed E-state index contributed by atoms with van der Waals surface area (Å²) in [6, 6.07) is 21.7. The summed E-state index contributed by atoms with van der Waals surface area (Å²) in [5.74, 6) is 0.179. The zero-order valence-electron chi connectivity index (χ0n) is 17.2. The Morgan fingerprint density at radius 1 is 1.07 bits per heavy atom. The average Bonchev–Trinajstić information content (AvgIpc) is 3.27. The molecular weight excluding hydrogens is 376 g/mol. The Morgan fingerprint density at radius 3 is 2.47 bits per heavy atom. The molecule has 156 valence electrons. The fraction of sp³-hybridized carbons (Fsp3) is 0.375. The van der Waals surface area contributed by atoms with Crippen molar-refractivity contribution in [3.05, 3.63) is 60.7 Å². The molecule has 0 aliphatic carbocycles. The van der Waals surface area contributed by atoms with Gasteiger partial charge in [-0.05, 0) is 36.6 Å². The van der Waals surface area contributed by atoms with E-state index < -0.39 is 0 Å². The highest BCUT2D eigenvalue weighted by molar-refractivity contribution is 5.95. The molecule has 0 aromatic heterocycles. The van der Waals surface area contributed by atoms with Crippen LogP contribution in [-0.4, -0.2) is 38.0 Å². The number of nitrogens with zero attached hydrogens (tertiary/aromatic N) is 3.